The van der Waals surface area contributed by atoms with Crippen LogP contribution in [0.15, 0.2) is 42.5 Å². The molecule has 0 bridgehead atoms. The predicted octanol–water partition coefficient (Wildman–Crippen LogP) is 3.48. The summed E-state index contributed by atoms with van der Waals surface area (Å²) >= 11 is 0. The van der Waals surface area contributed by atoms with Crippen LogP contribution in [0.2, 0.25) is 0 Å². The highest BCUT2D eigenvalue weighted by Crippen LogP contribution is 2.25. The molecule has 1 aliphatic heterocycles. The zero-order valence-electron chi connectivity index (χ0n) is 12.3. The summed E-state index contributed by atoms with van der Waals surface area (Å²) in [6.07, 6.45) is 0.121. The molecule has 0 spiro atoms. The van der Waals surface area contributed by atoms with Crippen molar-refractivity contribution in [3.8, 4) is 0 Å². The third-order valence-corrected chi connectivity index (χ3v) is 3.99. The average Bonchev–Trinajstić information content (AvgIpc) is 2.54. The fourth-order valence-corrected chi connectivity index (χ4v) is 2.69. The molecule has 4 nitrogen and oxygen atoms in total. The van der Waals surface area contributed by atoms with Crippen molar-refractivity contribution in [1.82, 2.24) is 5.32 Å². The monoisotopic (exact) mass is 302 g/mol. The topological polar surface area (TPSA) is 50.4 Å². The number of amides is 1. The predicted molar refractivity (Wildman–Crippen MR) is 84.9 cm³/mol. The molecule has 1 amide bonds. The molecule has 5 heteroatoms. The van der Waals surface area contributed by atoms with Crippen molar-refractivity contribution in [2.24, 2.45) is 0 Å². The maximum Gasteiger partial charge on any atom is 0.411 e. The van der Waals surface area contributed by atoms with Crippen molar-refractivity contribution in [2.45, 2.75) is 18.5 Å². The van der Waals surface area contributed by atoms with Crippen LogP contribution in [-0.4, -0.2) is 31.5 Å². The first-order chi connectivity index (χ1) is 10.7. The Kier molecular flexibility index (Phi) is 4.24. The summed E-state index contributed by atoms with van der Waals surface area (Å²) in [7, 11) is 0. The van der Waals surface area contributed by atoms with Crippen molar-refractivity contribution in [1.29, 1.82) is 0 Å². The largest absolute Gasteiger partial charge is 0.446 e. The highest BCUT2D eigenvalue weighted by Gasteiger charge is 2.33. The van der Waals surface area contributed by atoms with Crippen LogP contribution >= 0.6 is 0 Å². The van der Waals surface area contributed by atoms with Crippen LogP contribution < -0.4 is 10.6 Å². The first kappa shape index (κ1) is 14.8. The lowest BCUT2D eigenvalue weighted by atomic mass is 9.96. The van der Waals surface area contributed by atoms with E-state index in [0.717, 1.165) is 10.8 Å². The molecule has 1 saturated heterocycles. The number of rotatable bonds is 3. The minimum atomic E-state index is -1.42. The molecule has 2 aromatic carbocycles. The Morgan fingerprint density at radius 1 is 1.18 bits per heavy atom. The van der Waals surface area contributed by atoms with Crippen molar-refractivity contribution in [3.63, 3.8) is 0 Å². The summed E-state index contributed by atoms with van der Waals surface area (Å²) in [5, 5.41) is 7.75. The van der Waals surface area contributed by atoms with E-state index in [-0.39, 0.29) is 6.61 Å². The number of anilines is 1. The van der Waals surface area contributed by atoms with Crippen molar-refractivity contribution in [3.05, 3.63) is 42.5 Å². The molecule has 0 aromatic heterocycles. The molecule has 0 atom stereocenters. The van der Waals surface area contributed by atoms with Crippen LogP contribution in [0.5, 0.6) is 0 Å². The van der Waals surface area contributed by atoms with Gasteiger partial charge in [0.2, 0.25) is 0 Å². The standard InChI is InChI=1S/C17H19FN2O2/c18-17(8-10-19-11-9-17)12-22-16(21)20-15-7-3-5-13-4-1-2-6-14(13)15/h1-7,19H,8-12H2,(H,20,21). The van der Waals surface area contributed by atoms with Crippen molar-refractivity contribution >= 4 is 22.6 Å². The smallest absolute Gasteiger partial charge is 0.411 e. The van der Waals surface area contributed by atoms with E-state index in [9.17, 15) is 9.18 Å². The molecular weight excluding hydrogens is 283 g/mol. The van der Waals surface area contributed by atoms with Crippen LogP contribution in [0.3, 0.4) is 0 Å². The van der Waals surface area contributed by atoms with Gasteiger partial charge < -0.3 is 10.1 Å². The Bertz CT molecular complexity index is 663. The molecule has 116 valence electrons. The van der Waals surface area contributed by atoms with E-state index < -0.39 is 11.8 Å². The number of piperidine rings is 1. The molecule has 1 heterocycles. The first-order valence-corrected chi connectivity index (χ1v) is 7.48. The highest BCUT2D eigenvalue weighted by molar-refractivity contribution is 6.00. The number of carbonyl (C=O) groups excluding carboxylic acids is 1. The lowest BCUT2D eigenvalue weighted by Crippen LogP contribution is -2.42. The summed E-state index contributed by atoms with van der Waals surface area (Å²) in [6, 6.07) is 13.4. The number of benzene rings is 2. The van der Waals surface area contributed by atoms with E-state index >= 15 is 0 Å². The van der Waals surface area contributed by atoms with Gasteiger partial charge in [-0.05, 0) is 37.4 Å². The van der Waals surface area contributed by atoms with Gasteiger partial charge in [-0.3, -0.25) is 5.32 Å². The van der Waals surface area contributed by atoms with E-state index in [1.54, 1.807) is 6.07 Å². The zero-order chi connectivity index (χ0) is 15.4. The van der Waals surface area contributed by atoms with Crippen molar-refractivity contribution in [2.75, 3.05) is 25.0 Å². The summed E-state index contributed by atoms with van der Waals surface area (Å²) in [5.74, 6) is 0. The van der Waals surface area contributed by atoms with Gasteiger partial charge in [-0.15, -0.1) is 0 Å². The number of alkyl halides is 1. The van der Waals surface area contributed by atoms with Gasteiger partial charge in [0.1, 0.15) is 12.3 Å². The Morgan fingerprint density at radius 3 is 2.73 bits per heavy atom. The highest BCUT2D eigenvalue weighted by atomic mass is 19.1. The van der Waals surface area contributed by atoms with E-state index in [4.69, 9.17) is 4.74 Å². The van der Waals surface area contributed by atoms with Gasteiger partial charge in [0.05, 0.1) is 5.69 Å². The van der Waals surface area contributed by atoms with Crippen LogP contribution in [0, 0.1) is 0 Å². The van der Waals surface area contributed by atoms with Gasteiger partial charge in [-0.1, -0.05) is 36.4 Å². The van der Waals surface area contributed by atoms with Crippen LogP contribution in [-0.2, 0) is 4.74 Å². The summed E-state index contributed by atoms with van der Waals surface area (Å²) in [5.41, 5.74) is -0.747. The number of halogens is 1. The van der Waals surface area contributed by atoms with Crippen LogP contribution in [0.4, 0.5) is 14.9 Å². The minimum Gasteiger partial charge on any atom is -0.446 e. The summed E-state index contributed by atoms with van der Waals surface area (Å²) in [6.45, 7) is 1.03. The lowest BCUT2D eigenvalue weighted by molar-refractivity contribution is 0.0316. The second kappa shape index (κ2) is 6.32. The quantitative estimate of drug-likeness (QED) is 0.912. The van der Waals surface area contributed by atoms with Gasteiger partial charge in [0, 0.05) is 5.39 Å². The summed E-state index contributed by atoms with van der Waals surface area (Å²) in [4.78, 5) is 11.9. The average molecular weight is 302 g/mol. The van der Waals surface area contributed by atoms with Gasteiger partial charge >= 0.3 is 6.09 Å². The molecule has 1 fully saturated rings. The normalized spacial score (nSPS) is 17.1. The summed E-state index contributed by atoms with van der Waals surface area (Å²) < 4.78 is 19.5. The Hall–Kier alpha value is -2.14. The number of ether oxygens (including phenoxy) is 1. The maximum atomic E-state index is 14.4. The molecule has 0 aliphatic carbocycles. The van der Waals surface area contributed by atoms with Gasteiger partial charge in [0.25, 0.3) is 0 Å². The second-order valence-electron chi connectivity index (χ2n) is 5.63. The van der Waals surface area contributed by atoms with Crippen LogP contribution in [0.1, 0.15) is 12.8 Å². The Balaban J connectivity index is 1.63. The molecule has 3 rings (SSSR count). The molecule has 0 radical (unpaired) electrons. The number of fused-ring (bicyclic) bond motifs is 1. The van der Waals surface area contributed by atoms with E-state index in [1.807, 2.05) is 36.4 Å². The van der Waals surface area contributed by atoms with E-state index in [2.05, 4.69) is 10.6 Å². The maximum absolute atomic E-state index is 14.4. The lowest BCUT2D eigenvalue weighted by Gasteiger charge is -2.29. The number of hydrogen-bond donors (Lipinski definition) is 2. The molecule has 22 heavy (non-hydrogen) atoms. The van der Waals surface area contributed by atoms with Gasteiger partial charge in [-0.2, -0.15) is 0 Å². The third-order valence-electron chi connectivity index (χ3n) is 3.99. The Morgan fingerprint density at radius 2 is 1.91 bits per heavy atom. The molecule has 2 N–H and O–H groups in total. The van der Waals surface area contributed by atoms with E-state index in [0.29, 0.717) is 31.6 Å². The Labute approximate surface area is 128 Å². The van der Waals surface area contributed by atoms with Crippen LogP contribution in [0.25, 0.3) is 10.8 Å². The number of carbonyl (C=O) groups is 1. The zero-order valence-corrected chi connectivity index (χ0v) is 12.3. The molecule has 0 unspecified atom stereocenters. The minimum absolute atomic E-state index is 0.203. The molecule has 2 aromatic rings. The fourth-order valence-electron chi connectivity index (χ4n) is 2.69. The number of nitrogens with one attached hydrogen (secondary N) is 2. The van der Waals surface area contributed by atoms with Crippen molar-refractivity contribution < 1.29 is 13.9 Å². The van der Waals surface area contributed by atoms with E-state index in [1.165, 1.54) is 0 Å². The first-order valence-electron chi connectivity index (χ1n) is 7.48. The third kappa shape index (κ3) is 3.36. The molecular formula is C17H19FN2O2. The molecule has 1 aliphatic rings. The fraction of sp³-hybridized carbons (Fsp3) is 0.353. The van der Waals surface area contributed by atoms with Gasteiger partial charge in [-0.25, -0.2) is 9.18 Å². The SMILES string of the molecule is O=C(Nc1cccc2ccccc12)OCC1(F)CCNCC1. The van der Waals surface area contributed by atoms with Gasteiger partial charge in [0.15, 0.2) is 0 Å². The number of hydrogen-bond acceptors (Lipinski definition) is 3. The molecule has 0 saturated carbocycles. The second-order valence-corrected chi connectivity index (χ2v) is 5.63.